The molecule has 6 nitrogen and oxygen atoms in total. The number of hydrogen-bond acceptors (Lipinski definition) is 5. The molecule has 1 aliphatic heterocycles. The first-order valence-electron chi connectivity index (χ1n) is 10.8. The Balaban J connectivity index is 1.87. The number of rotatable bonds is 6. The van der Waals surface area contributed by atoms with Crippen LogP contribution >= 0.6 is 0 Å². The van der Waals surface area contributed by atoms with E-state index in [1.54, 1.807) is 48.5 Å². The summed E-state index contributed by atoms with van der Waals surface area (Å²) in [5.41, 5.74) is 1.23. The Morgan fingerprint density at radius 2 is 1.50 bits per heavy atom. The maximum atomic E-state index is 13.4. The Morgan fingerprint density at radius 3 is 2.06 bits per heavy atom. The van der Waals surface area contributed by atoms with Gasteiger partial charge >= 0.3 is 0 Å². The second-order valence-electron chi connectivity index (χ2n) is 8.11. The van der Waals surface area contributed by atoms with E-state index in [4.69, 9.17) is 9.47 Å². The molecule has 3 aromatic rings. The quantitative estimate of drug-likeness (QED) is 0.308. The first kappa shape index (κ1) is 23.0. The molecule has 7 heteroatoms. The van der Waals surface area contributed by atoms with Crippen molar-refractivity contribution in [3.05, 3.63) is 95.3 Å². The van der Waals surface area contributed by atoms with Crippen LogP contribution < -0.4 is 14.4 Å². The number of amides is 1. The number of benzene rings is 3. The largest absolute Gasteiger partial charge is 0.507 e. The first-order valence-corrected chi connectivity index (χ1v) is 10.8. The van der Waals surface area contributed by atoms with E-state index in [0.717, 1.165) is 0 Å². The van der Waals surface area contributed by atoms with E-state index in [-0.39, 0.29) is 23.0 Å². The average Bonchev–Trinajstić information content (AvgIpc) is 3.09. The lowest BCUT2D eigenvalue weighted by molar-refractivity contribution is -0.132. The number of methoxy groups -OCH3 is 1. The molecule has 0 aromatic heterocycles. The van der Waals surface area contributed by atoms with Gasteiger partial charge in [-0.1, -0.05) is 12.1 Å². The summed E-state index contributed by atoms with van der Waals surface area (Å²) in [6.45, 7) is 3.82. The number of aliphatic hydroxyl groups is 1. The molecule has 0 aliphatic carbocycles. The Kier molecular flexibility index (Phi) is 6.36. The van der Waals surface area contributed by atoms with E-state index in [1.165, 1.54) is 36.3 Å². The van der Waals surface area contributed by atoms with Gasteiger partial charge in [0.1, 0.15) is 23.1 Å². The second-order valence-corrected chi connectivity index (χ2v) is 8.11. The summed E-state index contributed by atoms with van der Waals surface area (Å²) in [7, 11) is 1.53. The molecule has 0 saturated carbocycles. The van der Waals surface area contributed by atoms with Gasteiger partial charge in [0.25, 0.3) is 11.7 Å². The third kappa shape index (κ3) is 4.37. The zero-order valence-electron chi connectivity index (χ0n) is 19.0. The van der Waals surface area contributed by atoms with Crippen LogP contribution in [0.25, 0.3) is 5.76 Å². The molecule has 4 rings (SSSR count). The van der Waals surface area contributed by atoms with Gasteiger partial charge in [-0.25, -0.2) is 4.39 Å². The topological polar surface area (TPSA) is 76.1 Å². The van der Waals surface area contributed by atoms with Crippen molar-refractivity contribution in [1.82, 2.24) is 0 Å². The molecule has 1 fully saturated rings. The van der Waals surface area contributed by atoms with E-state index in [1.807, 2.05) is 13.8 Å². The number of anilines is 1. The van der Waals surface area contributed by atoms with Crippen molar-refractivity contribution in [2.75, 3.05) is 12.0 Å². The lowest BCUT2D eigenvalue weighted by Gasteiger charge is -2.26. The highest BCUT2D eigenvalue weighted by Crippen LogP contribution is 2.42. The third-order valence-electron chi connectivity index (χ3n) is 5.48. The van der Waals surface area contributed by atoms with Crippen LogP contribution in [0.2, 0.25) is 0 Å². The van der Waals surface area contributed by atoms with Gasteiger partial charge in [0.2, 0.25) is 0 Å². The van der Waals surface area contributed by atoms with Crippen LogP contribution in [-0.4, -0.2) is 30.0 Å². The fourth-order valence-electron chi connectivity index (χ4n) is 3.92. The van der Waals surface area contributed by atoms with Crippen LogP contribution in [0.15, 0.2) is 78.4 Å². The van der Waals surface area contributed by atoms with E-state index >= 15 is 0 Å². The molecule has 0 bridgehead atoms. The fraction of sp³-hybridized carbons (Fsp3) is 0.185. The van der Waals surface area contributed by atoms with Gasteiger partial charge in [0.05, 0.1) is 24.8 Å². The SMILES string of the molecule is COc1ccc(N2C(=O)C(=O)/C(=C(/O)c3ccc(F)cc3)C2c2ccc(OC(C)C)cc2)cc1. The minimum atomic E-state index is -0.897. The summed E-state index contributed by atoms with van der Waals surface area (Å²) in [4.78, 5) is 27.7. The zero-order valence-corrected chi connectivity index (χ0v) is 19.0. The lowest BCUT2D eigenvalue weighted by atomic mass is 9.95. The Bertz CT molecular complexity index is 1230. The Morgan fingerprint density at radius 1 is 0.912 bits per heavy atom. The Labute approximate surface area is 196 Å². The van der Waals surface area contributed by atoms with Crippen LogP contribution in [0.4, 0.5) is 10.1 Å². The zero-order chi connectivity index (χ0) is 24.4. The lowest BCUT2D eigenvalue weighted by Crippen LogP contribution is -2.29. The third-order valence-corrected chi connectivity index (χ3v) is 5.48. The molecule has 0 radical (unpaired) electrons. The molecule has 1 saturated heterocycles. The minimum absolute atomic E-state index is 0.0192. The summed E-state index contributed by atoms with van der Waals surface area (Å²) < 4.78 is 24.3. The Hall–Kier alpha value is -4.13. The summed E-state index contributed by atoms with van der Waals surface area (Å²) >= 11 is 0. The molecule has 3 aromatic carbocycles. The average molecular weight is 461 g/mol. The number of aliphatic hydroxyl groups excluding tert-OH is 1. The highest BCUT2D eigenvalue weighted by atomic mass is 19.1. The molecule has 1 aliphatic rings. The van der Waals surface area contributed by atoms with Crippen molar-refractivity contribution < 1.29 is 28.6 Å². The van der Waals surface area contributed by atoms with Gasteiger partial charge in [0.15, 0.2) is 0 Å². The summed E-state index contributed by atoms with van der Waals surface area (Å²) in [6.07, 6.45) is -0.0192. The smallest absolute Gasteiger partial charge is 0.300 e. The predicted molar refractivity (Wildman–Crippen MR) is 126 cm³/mol. The molecular weight excluding hydrogens is 437 g/mol. The maximum absolute atomic E-state index is 13.4. The molecule has 1 heterocycles. The number of halogens is 1. The number of hydrogen-bond donors (Lipinski definition) is 1. The van der Waals surface area contributed by atoms with Gasteiger partial charge in [-0.15, -0.1) is 0 Å². The standard InChI is InChI=1S/C27H24FNO5/c1-16(2)34-22-12-6-17(7-13-22)24-23(25(30)18-4-8-19(28)9-5-18)26(31)27(32)29(24)20-10-14-21(33-3)15-11-20/h4-16,24,30H,1-3H3/b25-23+. The van der Waals surface area contributed by atoms with Crippen LogP contribution in [0.3, 0.4) is 0 Å². The number of nitrogens with zero attached hydrogens (tertiary/aromatic N) is 1. The van der Waals surface area contributed by atoms with Crippen LogP contribution in [0.1, 0.15) is 31.0 Å². The molecule has 174 valence electrons. The monoisotopic (exact) mass is 461 g/mol. The van der Waals surface area contributed by atoms with Crippen molar-refractivity contribution in [1.29, 1.82) is 0 Å². The highest BCUT2D eigenvalue weighted by molar-refractivity contribution is 6.51. The molecule has 1 amide bonds. The normalized spacial score (nSPS) is 17.3. The molecule has 1 unspecified atom stereocenters. The van der Waals surface area contributed by atoms with Gasteiger partial charge in [-0.2, -0.15) is 0 Å². The van der Waals surface area contributed by atoms with Gasteiger partial charge in [0, 0.05) is 11.3 Å². The number of ether oxygens (including phenoxy) is 2. The summed E-state index contributed by atoms with van der Waals surface area (Å²) in [5, 5.41) is 11.1. The van der Waals surface area contributed by atoms with Crippen LogP contribution in [0, 0.1) is 5.82 Å². The van der Waals surface area contributed by atoms with E-state index in [0.29, 0.717) is 22.7 Å². The van der Waals surface area contributed by atoms with E-state index in [2.05, 4.69) is 0 Å². The minimum Gasteiger partial charge on any atom is -0.507 e. The number of carbonyl (C=O) groups excluding carboxylic acids is 2. The predicted octanol–water partition coefficient (Wildman–Crippen LogP) is 5.25. The second kappa shape index (κ2) is 9.39. The van der Waals surface area contributed by atoms with Crippen molar-refractivity contribution in [2.24, 2.45) is 0 Å². The van der Waals surface area contributed by atoms with Gasteiger partial charge in [-0.3, -0.25) is 14.5 Å². The molecule has 0 spiro atoms. The van der Waals surface area contributed by atoms with Crippen molar-refractivity contribution in [3.63, 3.8) is 0 Å². The number of Topliss-reactive ketones (excluding diaryl/α,β-unsaturated/α-hetero) is 1. The molecule has 1 atom stereocenters. The van der Waals surface area contributed by atoms with Crippen LogP contribution in [-0.2, 0) is 9.59 Å². The van der Waals surface area contributed by atoms with Gasteiger partial charge < -0.3 is 14.6 Å². The molecule has 1 N–H and O–H groups in total. The van der Waals surface area contributed by atoms with E-state index < -0.39 is 23.5 Å². The van der Waals surface area contributed by atoms with Crippen LogP contribution in [0.5, 0.6) is 11.5 Å². The molecule has 34 heavy (non-hydrogen) atoms. The maximum Gasteiger partial charge on any atom is 0.300 e. The summed E-state index contributed by atoms with van der Waals surface area (Å²) in [6, 6.07) is 17.9. The number of ketones is 1. The fourth-order valence-corrected chi connectivity index (χ4v) is 3.92. The van der Waals surface area contributed by atoms with Crippen molar-refractivity contribution in [2.45, 2.75) is 26.0 Å². The first-order chi connectivity index (χ1) is 16.3. The number of carbonyl (C=O) groups is 2. The molecular formula is C27H24FNO5. The van der Waals surface area contributed by atoms with Gasteiger partial charge in [-0.05, 0) is 80.1 Å². The van der Waals surface area contributed by atoms with Crippen molar-refractivity contribution in [3.8, 4) is 11.5 Å². The highest BCUT2D eigenvalue weighted by Gasteiger charge is 2.47. The van der Waals surface area contributed by atoms with Crippen molar-refractivity contribution >= 4 is 23.1 Å². The van der Waals surface area contributed by atoms with E-state index in [9.17, 15) is 19.1 Å². The summed E-state index contributed by atoms with van der Waals surface area (Å²) in [5.74, 6) is -1.22.